The van der Waals surface area contributed by atoms with Crippen molar-refractivity contribution in [2.45, 2.75) is 39.5 Å². The van der Waals surface area contributed by atoms with E-state index in [1.165, 1.54) is 7.11 Å². The minimum absolute atomic E-state index is 0.222. The lowest BCUT2D eigenvalue weighted by molar-refractivity contribution is -0.151. The van der Waals surface area contributed by atoms with Gasteiger partial charge in [-0.2, -0.15) is 0 Å². The quantitative estimate of drug-likeness (QED) is 0.415. The maximum absolute atomic E-state index is 12.7. The molecule has 146 valence electrons. The predicted octanol–water partition coefficient (Wildman–Crippen LogP) is 5.00. The minimum atomic E-state index is -0.786. The van der Waals surface area contributed by atoms with Gasteiger partial charge in [0, 0.05) is 18.8 Å². The molecule has 0 aromatic heterocycles. The molecule has 0 heterocycles. The smallest absolute Gasteiger partial charge is 0.312 e. The van der Waals surface area contributed by atoms with Crippen molar-refractivity contribution in [3.63, 3.8) is 0 Å². The number of hydrogen-bond donors (Lipinski definition) is 2. The molecule has 0 bridgehead atoms. The zero-order valence-electron chi connectivity index (χ0n) is 16.9. The van der Waals surface area contributed by atoms with Crippen molar-refractivity contribution in [2.24, 2.45) is 5.41 Å². The van der Waals surface area contributed by atoms with Gasteiger partial charge in [0.05, 0.1) is 23.9 Å². The van der Waals surface area contributed by atoms with Crippen molar-refractivity contribution in [1.82, 2.24) is 0 Å². The number of anilines is 2. The molecule has 0 aliphatic rings. The first-order valence-electron chi connectivity index (χ1n) is 8.99. The molecule has 0 saturated heterocycles. The van der Waals surface area contributed by atoms with E-state index in [1.54, 1.807) is 0 Å². The van der Waals surface area contributed by atoms with Crippen LogP contribution >= 0.6 is 11.6 Å². The molecule has 2 aromatic rings. The van der Waals surface area contributed by atoms with Crippen molar-refractivity contribution >= 4 is 28.9 Å². The summed E-state index contributed by atoms with van der Waals surface area (Å²) in [5.74, 6) is -0.0675. The van der Waals surface area contributed by atoms with Crippen LogP contribution in [0.25, 0.3) is 0 Å². The van der Waals surface area contributed by atoms with E-state index in [4.69, 9.17) is 22.1 Å². The second-order valence-corrected chi connectivity index (χ2v) is 7.72. The molecule has 0 spiro atoms. The number of alkyl halides is 1. The van der Waals surface area contributed by atoms with Gasteiger partial charge in [-0.15, -0.1) is 11.6 Å². The molecule has 1 atom stereocenters. The van der Waals surface area contributed by atoms with Gasteiger partial charge < -0.3 is 15.8 Å². The largest absolute Gasteiger partial charge is 0.469 e. The molecule has 2 aromatic carbocycles. The fourth-order valence-electron chi connectivity index (χ4n) is 3.66. The Balaban J connectivity index is 2.76. The van der Waals surface area contributed by atoms with Gasteiger partial charge in [0.15, 0.2) is 0 Å². The van der Waals surface area contributed by atoms with E-state index in [-0.39, 0.29) is 11.9 Å². The summed E-state index contributed by atoms with van der Waals surface area (Å²) in [4.78, 5) is 12.7. The molecule has 0 aliphatic carbocycles. The van der Waals surface area contributed by atoms with Crippen LogP contribution in [0.2, 0.25) is 0 Å². The zero-order valence-corrected chi connectivity index (χ0v) is 17.7. The lowest BCUT2D eigenvalue weighted by Crippen LogP contribution is -2.34. The van der Waals surface area contributed by atoms with Crippen LogP contribution in [0.1, 0.15) is 47.6 Å². The van der Waals surface area contributed by atoms with Crippen molar-refractivity contribution in [1.29, 1.82) is 0 Å². The van der Waals surface area contributed by atoms with Crippen molar-refractivity contribution in [3.8, 4) is 0 Å². The maximum atomic E-state index is 12.7. The van der Waals surface area contributed by atoms with E-state index in [9.17, 15) is 4.79 Å². The summed E-state index contributed by atoms with van der Waals surface area (Å²) >= 11 is 6.14. The summed E-state index contributed by atoms with van der Waals surface area (Å²) in [5.41, 5.74) is 12.3. The van der Waals surface area contributed by atoms with E-state index in [0.717, 1.165) is 33.5 Å². The van der Waals surface area contributed by atoms with Gasteiger partial charge in [0.25, 0.3) is 0 Å². The van der Waals surface area contributed by atoms with Gasteiger partial charge in [-0.25, -0.2) is 0 Å². The number of esters is 1. The van der Waals surface area contributed by atoms with Crippen LogP contribution in [0.3, 0.4) is 0 Å². The van der Waals surface area contributed by atoms with Crippen LogP contribution in [0.15, 0.2) is 30.3 Å². The standard InChI is InChI=1S/C22H29ClN2O2/c1-13-7-8-15(11-16(13)12-23)19(22(3,4)21(26)27-6)17-9-10-18(25-5)20(24)14(17)2/h7-11,19,25H,12,24H2,1-6H3. The van der Waals surface area contributed by atoms with Gasteiger partial charge in [-0.05, 0) is 61.6 Å². The Morgan fingerprint density at radius 1 is 1.26 bits per heavy atom. The van der Waals surface area contributed by atoms with Crippen molar-refractivity contribution in [2.75, 3.05) is 25.2 Å². The molecule has 27 heavy (non-hydrogen) atoms. The van der Waals surface area contributed by atoms with Crippen LogP contribution in [0.5, 0.6) is 0 Å². The zero-order chi connectivity index (χ0) is 20.4. The number of aryl methyl sites for hydroxylation is 1. The lowest BCUT2D eigenvalue weighted by atomic mass is 9.69. The normalized spacial score (nSPS) is 12.6. The lowest BCUT2D eigenvalue weighted by Gasteiger charge is -2.34. The second kappa shape index (κ2) is 8.22. The number of carbonyl (C=O) groups excluding carboxylic acids is 1. The highest BCUT2D eigenvalue weighted by atomic mass is 35.5. The summed E-state index contributed by atoms with van der Waals surface area (Å²) in [6.07, 6.45) is 0. The Bertz CT molecular complexity index is 846. The second-order valence-electron chi connectivity index (χ2n) is 7.46. The number of nitrogens with two attached hydrogens (primary N) is 1. The Labute approximate surface area is 167 Å². The Morgan fingerprint density at radius 3 is 2.48 bits per heavy atom. The third-order valence-electron chi connectivity index (χ3n) is 5.42. The number of nitrogen functional groups attached to an aromatic ring is 1. The Kier molecular flexibility index (Phi) is 6.42. The molecule has 4 nitrogen and oxygen atoms in total. The molecule has 3 N–H and O–H groups in total. The van der Waals surface area contributed by atoms with E-state index in [0.29, 0.717) is 11.6 Å². The molecular formula is C22H29ClN2O2. The Morgan fingerprint density at radius 2 is 1.93 bits per heavy atom. The number of methoxy groups -OCH3 is 1. The summed E-state index contributed by atoms with van der Waals surface area (Å²) in [6, 6.07) is 10.2. The first-order valence-corrected chi connectivity index (χ1v) is 9.53. The number of nitrogens with one attached hydrogen (secondary N) is 1. The molecule has 1 unspecified atom stereocenters. The summed E-state index contributed by atoms with van der Waals surface area (Å²) in [7, 11) is 3.26. The number of hydrogen-bond acceptors (Lipinski definition) is 4. The van der Waals surface area contributed by atoms with Crippen LogP contribution in [-0.2, 0) is 15.4 Å². The summed E-state index contributed by atoms with van der Waals surface area (Å²) in [6.45, 7) is 7.84. The highest BCUT2D eigenvalue weighted by molar-refractivity contribution is 6.17. The first kappa shape index (κ1) is 21.1. The molecule has 0 radical (unpaired) electrons. The molecule has 0 amide bonds. The maximum Gasteiger partial charge on any atom is 0.312 e. The monoisotopic (exact) mass is 388 g/mol. The van der Waals surface area contributed by atoms with E-state index < -0.39 is 5.41 Å². The summed E-state index contributed by atoms with van der Waals surface area (Å²) < 4.78 is 5.13. The third-order valence-corrected chi connectivity index (χ3v) is 5.71. The van der Waals surface area contributed by atoms with Gasteiger partial charge in [-0.1, -0.05) is 24.3 Å². The highest BCUT2D eigenvalue weighted by Gasteiger charge is 2.41. The van der Waals surface area contributed by atoms with Gasteiger partial charge in [0.2, 0.25) is 0 Å². The van der Waals surface area contributed by atoms with E-state index >= 15 is 0 Å². The number of rotatable bonds is 6. The molecular weight excluding hydrogens is 360 g/mol. The SMILES string of the molecule is CNc1ccc(C(c2ccc(C)c(CCl)c2)C(C)(C)C(=O)OC)c(C)c1N. The van der Waals surface area contributed by atoms with Crippen LogP contribution in [-0.4, -0.2) is 20.1 Å². The van der Waals surface area contributed by atoms with Gasteiger partial charge >= 0.3 is 5.97 Å². The predicted molar refractivity (Wildman–Crippen MR) is 114 cm³/mol. The van der Waals surface area contributed by atoms with E-state index in [1.807, 2.05) is 52.9 Å². The third kappa shape index (κ3) is 3.91. The molecule has 0 aliphatic heterocycles. The highest BCUT2D eigenvalue weighted by Crippen LogP contribution is 2.45. The van der Waals surface area contributed by atoms with Crippen LogP contribution < -0.4 is 11.1 Å². The minimum Gasteiger partial charge on any atom is -0.469 e. The van der Waals surface area contributed by atoms with Gasteiger partial charge in [-0.3, -0.25) is 4.79 Å². The van der Waals surface area contributed by atoms with E-state index in [2.05, 4.69) is 17.4 Å². The molecule has 0 fully saturated rings. The number of ether oxygens (including phenoxy) is 1. The molecule has 2 rings (SSSR count). The van der Waals surface area contributed by atoms with Crippen LogP contribution in [0, 0.1) is 19.3 Å². The Hall–Kier alpha value is -2.20. The number of carbonyl (C=O) groups is 1. The average molecular weight is 389 g/mol. The van der Waals surface area contributed by atoms with Gasteiger partial charge in [0.1, 0.15) is 0 Å². The number of halogens is 1. The molecule has 5 heteroatoms. The fraction of sp³-hybridized carbons (Fsp3) is 0.409. The first-order chi connectivity index (χ1) is 12.7. The topological polar surface area (TPSA) is 64.3 Å². The molecule has 0 saturated carbocycles. The average Bonchev–Trinajstić information content (AvgIpc) is 2.65. The van der Waals surface area contributed by atoms with Crippen molar-refractivity contribution in [3.05, 3.63) is 58.1 Å². The fourth-order valence-corrected chi connectivity index (χ4v) is 3.94. The summed E-state index contributed by atoms with van der Waals surface area (Å²) in [5, 5.41) is 3.11. The number of benzene rings is 2. The van der Waals surface area contributed by atoms with Crippen molar-refractivity contribution < 1.29 is 9.53 Å². The van der Waals surface area contributed by atoms with Crippen LogP contribution in [0.4, 0.5) is 11.4 Å².